The molecule has 1 aromatic carbocycles. The third-order valence-electron chi connectivity index (χ3n) is 2.51. The zero-order valence-corrected chi connectivity index (χ0v) is 11.3. The molecular weight excluding hydrogens is 274 g/mol. The van der Waals surface area contributed by atoms with E-state index < -0.39 is 18.5 Å². The van der Waals surface area contributed by atoms with Crippen LogP contribution < -0.4 is 5.73 Å². The number of nitrogens with two attached hydrogens (primary N) is 1. The summed E-state index contributed by atoms with van der Waals surface area (Å²) < 4.78 is 6.05. The number of primary amides is 1. The van der Waals surface area contributed by atoms with Gasteiger partial charge in [-0.1, -0.05) is 30.3 Å². The van der Waals surface area contributed by atoms with E-state index in [0.717, 1.165) is 5.56 Å². The lowest BCUT2D eigenvalue weighted by Gasteiger charge is -2.07. The Balaban J connectivity index is 2.36. The predicted octanol–water partition coefficient (Wildman–Crippen LogP) is 0.00812. The maximum atomic E-state index is 12.1. The third kappa shape index (κ3) is 3.72. The smallest absolute Gasteiger partial charge is 0.357 e. The van der Waals surface area contributed by atoms with Crippen molar-refractivity contribution in [1.82, 2.24) is 20.2 Å². The van der Waals surface area contributed by atoms with Crippen LogP contribution >= 0.6 is 0 Å². The van der Waals surface area contributed by atoms with Gasteiger partial charge in [0.2, 0.25) is 0 Å². The molecular formula is C13H13N5O3. The van der Waals surface area contributed by atoms with Crippen molar-refractivity contribution in [1.29, 1.82) is 0 Å². The first-order valence-electron chi connectivity index (χ1n) is 6.05. The van der Waals surface area contributed by atoms with Crippen LogP contribution in [0.15, 0.2) is 30.3 Å². The van der Waals surface area contributed by atoms with Gasteiger partial charge in [0.1, 0.15) is 0 Å². The van der Waals surface area contributed by atoms with Crippen molar-refractivity contribution in [3.05, 3.63) is 41.7 Å². The van der Waals surface area contributed by atoms with Crippen molar-refractivity contribution in [2.75, 3.05) is 6.61 Å². The summed E-state index contributed by atoms with van der Waals surface area (Å²) in [6.07, 6.45) is 1.56. The highest BCUT2D eigenvalue weighted by molar-refractivity contribution is 6.15. The van der Waals surface area contributed by atoms with Gasteiger partial charge in [-0.25, -0.2) is 4.79 Å². The van der Waals surface area contributed by atoms with Gasteiger partial charge in [0, 0.05) is 0 Å². The molecule has 21 heavy (non-hydrogen) atoms. The summed E-state index contributed by atoms with van der Waals surface area (Å²) in [6.45, 7) is 1.13. The molecule has 1 heterocycles. The first kappa shape index (κ1) is 14.4. The summed E-state index contributed by atoms with van der Waals surface area (Å²) in [4.78, 5) is 22.8. The fraction of sp³-hybridized carbons (Fsp3) is 0.154. The fourth-order valence-electron chi connectivity index (χ4n) is 1.58. The Morgan fingerprint density at radius 1 is 1.33 bits per heavy atom. The molecule has 108 valence electrons. The molecule has 0 saturated heterocycles. The van der Waals surface area contributed by atoms with E-state index in [-0.39, 0.29) is 5.70 Å². The van der Waals surface area contributed by atoms with Crippen molar-refractivity contribution in [2.24, 2.45) is 5.73 Å². The topological polar surface area (TPSA) is 113 Å². The maximum absolute atomic E-state index is 12.1. The van der Waals surface area contributed by atoms with Crippen LogP contribution in [0.25, 0.3) is 11.8 Å². The number of ether oxygens (including phenoxy) is 1. The molecule has 0 aliphatic carbocycles. The van der Waals surface area contributed by atoms with Gasteiger partial charge in [-0.15, -0.1) is 5.10 Å². The second-order valence-corrected chi connectivity index (χ2v) is 4.12. The summed E-state index contributed by atoms with van der Waals surface area (Å²) in [5.41, 5.74) is 5.81. The van der Waals surface area contributed by atoms with Gasteiger partial charge in [0.25, 0.3) is 5.91 Å². The molecule has 1 amide bonds. The molecule has 0 radical (unpaired) electrons. The van der Waals surface area contributed by atoms with E-state index in [1.165, 1.54) is 4.68 Å². The average Bonchev–Trinajstić information content (AvgIpc) is 2.89. The lowest BCUT2D eigenvalue weighted by molar-refractivity contribution is -0.142. The monoisotopic (exact) mass is 287 g/mol. The van der Waals surface area contributed by atoms with E-state index in [9.17, 15) is 9.59 Å². The second-order valence-electron chi connectivity index (χ2n) is 4.12. The highest BCUT2D eigenvalue weighted by Gasteiger charge is 2.18. The molecule has 0 aliphatic heterocycles. The van der Waals surface area contributed by atoms with E-state index in [1.54, 1.807) is 25.1 Å². The van der Waals surface area contributed by atoms with Crippen LogP contribution in [0.1, 0.15) is 11.4 Å². The van der Waals surface area contributed by atoms with Crippen LogP contribution in [0.2, 0.25) is 0 Å². The number of amides is 1. The van der Waals surface area contributed by atoms with Crippen molar-refractivity contribution in [2.45, 2.75) is 6.92 Å². The van der Waals surface area contributed by atoms with Gasteiger partial charge >= 0.3 is 5.97 Å². The van der Waals surface area contributed by atoms with E-state index in [2.05, 4.69) is 15.5 Å². The Kier molecular flexibility index (Phi) is 4.39. The molecule has 0 bridgehead atoms. The van der Waals surface area contributed by atoms with Crippen LogP contribution in [0.3, 0.4) is 0 Å². The second kappa shape index (κ2) is 6.42. The minimum atomic E-state index is -0.743. The number of aromatic nitrogens is 4. The minimum absolute atomic E-state index is 0.0879. The molecule has 2 aromatic rings. The van der Waals surface area contributed by atoms with Crippen LogP contribution in [0, 0.1) is 6.92 Å². The number of tetrazole rings is 1. The normalized spacial score (nSPS) is 11.2. The summed E-state index contributed by atoms with van der Waals surface area (Å²) >= 11 is 0. The van der Waals surface area contributed by atoms with Gasteiger partial charge in [0.05, 0.1) is 0 Å². The predicted molar refractivity (Wildman–Crippen MR) is 73.3 cm³/mol. The largest absolute Gasteiger partial charge is 0.451 e. The number of carbonyl (C=O) groups is 2. The van der Waals surface area contributed by atoms with E-state index in [1.807, 2.05) is 18.2 Å². The number of aryl methyl sites for hydroxylation is 1. The zero-order valence-electron chi connectivity index (χ0n) is 11.3. The summed E-state index contributed by atoms with van der Waals surface area (Å²) in [7, 11) is 0. The molecule has 8 heteroatoms. The highest BCUT2D eigenvalue weighted by atomic mass is 16.5. The molecule has 0 fully saturated rings. The van der Waals surface area contributed by atoms with Crippen molar-refractivity contribution < 1.29 is 14.3 Å². The van der Waals surface area contributed by atoms with E-state index >= 15 is 0 Å². The van der Waals surface area contributed by atoms with Gasteiger partial charge in [0.15, 0.2) is 18.1 Å². The van der Waals surface area contributed by atoms with E-state index in [4.69, 9.17) is 10.5 Å². The first-order valence-corrected chi connectivity index (χ1v) is 6.05. The number of rotatable bonds is 5. The number of esters is 1. The third-order valence-corrected chi connectivity index (χ3v) is 2.51. The molecule has 0 saturated carbocycles. The van der Waals surface area contributed by atoms with Gasteiger partial charge < -0.3 is 10.5 Å². The Morgan fingerprint density at radius 2 is 2.05 bits per heavy atom. The molecule has 2 rings (SSSR count). The number of hydrogen-bond donors (Lipinski definition) is 1. The molecule has 1 aromatic heterocycles. The van der Waals surface area contributed by atoms with Crippen molar-refractivity contribution in [3.63, 3.8) is 0 Å². The lowest BCUT2D eigenvalue weighted by Crippen LogP contribution is -2.23. The highest BCUT2D eigenvalue weighted by Crippen LogP contribution is 2.13. The molecule has 0 aliphatic rings. The molecule has 0 atom stereocenters. The maximum Gasteiger partial charge on any atom is 0.357 e. The molecule has 0 unspecified atom stereocenters. The Morgan fingerprint density at radius 3 is 2.62 bits per heavy atom. The molecule has 2 N–H and O–H groups in total. The summed E-state index contributed by atoms with van der Waals surface area (Å²) in [6, 6.07) is 9.11. The Labute approximate surface area is 120 Å². The minimum Gasteiger partial charge on any atom is -0.451 e. The number of carbonyl (C=O) groups excluding carboxylic acids is 2. The van der Waals surface area contributed by atoms with Crippen LogP contribution in [0.5, 0.6) is 0 Å². The number of nitrogens with zero attached hydrogens (tertiary/aromatic N) is 4. The standard InChI is InChI=1S/C13H13N5O3/c1-9-15-16-17-18(9)11(13(20)21-8-12(14)19)7-10-5-3-2-4-6-10/h2-7H,8H2,1H3,(H2,14,19)/b11-7-. The van der Waals surface area contributed by atoms with Gasteiger partial charge in [-0.2, -0.15) is 4.68 Å². The molecule has 0 spiro atoms. The lowest BCUT2D eigenvalue weighted by atomic mass is 10.2. The SMILES string of the molecule is Cc1nnnn1/C(=C\c1ccccc1)C(=O)OCC(N)=O. The fourth-order valence-corrected chi connectivity index (χ4v) is 1.58. The van der Waals surface area contributed by atoms with Crippen molar-refractivity contribution >= 4 is 23.6 Å². The Hall–Kier alpha value is -3.03. The summed E-state index contributed by atoms with van der Waals surface area (Å²) in [5, 5.41) is 10.9. The average molecular weight is 287 g/mol. The van der Waals surface area contributed by atoms with Crippen LogP contribution in [-0.2, 0) is 14.3 Å². The quantitative estimate of drug-likeness (QED) is 0.612. The van der Waals surface area contributed by atoms with Crippen LogP contribution in [-0.4, -0.2) is 38.7 Å². The Bertz CT molecular complexity index is 678. The first-order chi connectivity index (χ1) is 10.1. The van der Waals surface area contributed by atoms with Crippen molar-refractivity contribution in [3.8, 4) is 0 Å². The van der Waals surface area contributed by atoms with Gasteiger partial charge in [-0.05, 0) is 29.0 Å². The number of hydrogen-bond acceptors (Lipinski definition) is 6. The van der Waals surface area contributed by atoms with E-state index in [0.29, 0.717) is 5.82 Å². The molecule has 8 nitrogen and oxygen atoms in total. The van der Waals surface area contributed by atoms with Crippen LogP contribution in [0.4, 0.5) is 0 Å². The van der Waals surface area contributed by atoms with Gasteiger partial charge in [-0.3, -0.25) is 4.79 Å². The summed E-state index contributed by atoms with van der Waals surface area (Å²) in [5.74, 6) is -1.07. The number of benzene rings is 1. The zero-order chi connectivity index (χ0) is 15.2.